The van der Waals surface area contributed by atoms with Gasteiger partial charge in [-0.15, -0.1) is 0 Å². The van der Waals surface area contributed by atoms with Gasteiger partial charge in [-0.25, -0.2) is 4.68 Å². The summed E-state index contributed by atoms with van der Waals surface area (Å²) in [6, 6.07) is 17.6. The van der Waals surface area contributed by atoms with Gasteiger partial charge in [0, 0.05) is 11.5 Å². The number of benzene rings is 2. The Balaban J connectivity index is 1.54. The van der Waals surface area contributed by atoms with Crippen molar-refractivity contribution in [2.24, 2.45) is 0 Å². The van der Waals surface area contributed by atoms with Gasteiger partial charge in [-0.1, -0.05) is 43.3 Å². The number of carbonyl (C=O) groups is 1. The van der Waals surface area contributed by atoms with E-state index in [4.69, 9.17) is 4.74 Å². The van der Waals surface area contributed by atoms with Gasteiger partial charge in [0.1, 0.15) is 5.75 Å². The number of nitrogens with one attached hydrogen (secondary N) is 1. The average Bonchev–Trinajstić information content (AvgIpc) is 3.17. The SMILES string of the molecule is Cc1c(NC(=O)[C@H]2Oc3ccccc3[C@H]2C)cnn1-c1ccccc1. The van der Waals surface area contributed by atoms with E-state index in [1.54, 1.807) is 6.20 Å². The van der Waals surface area contributed by atoms with Gasteiger partial charge >= 0.3 is 0 Å². The fraction of sp³-hybridized carbons (Fsp3) is 0.200. The average molecular weight is 333 g/mol. The maximum Gasteiger partial charge on any atom is 0.266 e. The summed E-state index contributed by atoms with van der Waals surface area (Å²) in [7, 11) is 0. The number of amides is 1. The van der Waals surface area contributed by atoms with Crippen molar-refractivity contribution in [1.82, 2.24) is 9.78 Å². The minimum atomic E-state index is -0.531. The van der Waals surface area contributed by atoms with E-state index >= 15 is 0 Å². The molecule has 25 heavy (non-hydrogen) atoms. The molecule has 0 bridgehead atoms. The Labute approximate surface area is 146 Å². The molecule has 0 saturated carbocycles. The lowest BCUT2D eigenvalue weighted by atomic mass is 9.97. The van der Waals surface area contributed by atoms with Gasteiger partial charge < -0.3 is 10.1 Å². The Kier molecular flexibility index (Phi) is 3.76. The van der Waals surface area contributed by atoms with Crippen LogP contribution in [0.15, 0.2) is 60.8 Å². The Bertz CT molecular complexity index is 918. The van der Waals surface area contributed by atoms with Gasteiger partial charge in [-0.05, 0) is 25.1 Å². The number of aromatic nitrogens is 2. The highest BCUT2D eigenvalue weighted by Gasteiger charge is 2.36. The van der Waals surface area contributed by atoms with Crippen LogP contribution >= 0.6 is 0 Å². The second kappa shape index (κ2) is 6.09. The molecule has 0 spiro atoms. The molecule has 0 saturated heterocycles. The summed E-state index contributed by atoms with van der Waals surface area (Å²) in [6.45, 7) is 3.94. The Morgan fingerprint density at radius 2 is 1.84 bits per heavy atom. The number of ether oxygens (including phenoxy) is 1. The third-order valence-corrected chi connectivity index (χ3v) is 4.64. The standard InChI is InChI=1S/C20H19N3O2/c1-13-16-10-6-7-11-18(16)25-19(13)20(24)22-17-12-21-23(14(17)2)15-8-4-3-5-9-15/h3-13,19H,1-2H3,(H,22,24)/t13-,19+/m1/s1. The summed E-state index contributed by atoms with van der Waals surface area (Å²) in [5.41, 5.74) is 3.60. The molecule has 0 aliphatic carbocycles. The predicted molar refractivity (Wildman–Crippen MR) is 96.2 cm³/mol. The van der Waals surface area contributed by atoms with Gasteiger partial charge in [0.15, 0.2) is 6.10 Å². The van der Waals surface area contributed by atoms with Crippen LogP contribution in [-0.4, -0.2) is 21.8 Å². The van der Waals surface area contributed by atoms with Crippen LogP contribution < -0.4 is 10.1 Å². The maximum absolute atomic E-state index is 12.7. The molecule has 3 aromatic rings. The molecule has 2 atom stereocenters. The first-order valence-electron chi connectivity index (χ1n) is 8.31. The Hall–Kier alpha value is -3.08. The number of hydrogen-bond donors (Lipinski definition) is 1. The summed E-state index contributed by atoms with van der Waals surface area (Å²) in [4.78, 5) is 12.7. The van der Waals surface area contributed by atoms with Crippen LogP contribution in [0.5, 0.6) is 5.75 Å². The van der Waals surface area contributed by atoms with E-state index in [-0.39, 0.29) is 11.8 Å². The minimum absolute atomic E-state index is 0.0145. The van der Waals surface area contributed by atoms with Crippen molar-refractivity contribution in [2.45, 2.75) is 25.9 Å². The molecule has 4 rings (SSSR count). The summed E-state index contributed by atoms with van der Waals surface area (Å²) in [5, 5.41) is 7.35. The van der Waals surface area contributed by atoms with Crippen LogP contribution in [0.4, 0.5) is 5.69 Å². The fourth-order valence-corrected chi connectivity index (χ4v) is 3.21. The normalized spacial score (nSPS) is 18.5. The molecule has 0 radical (unpaired) electrons. The Morgan fingerprint density at radius 3 is 2.60 bits per heavy atom. The fourth-order valence-electron chi connectivity index (χ4n) is 3.21. The van der Waals surface area contributed by atoms with Crippen molar-refractivity contribution < 1.29 is 9.53 Å². The number of anilines is 1. The predicted octanol–water partition coefficient (Wildman–Crippen LogP) is 3.68. The number of nitrogens with zero attached hydrogens (tertiary/aromatic N) is 2. The topological polar surface area (TPSA) is 56.1 Å². The van der Waals surface area contributed by atoms with Crippen molar-refractivity contribution in [3.8, 4) is 11.4 Å². The van der Waals surface area contributed by atoms with Crippen LogP contribution in [0.1, 0.15) is 24.1 Å². The van der Waals surface area contributed by atoms with E-state index in [9.17, 15) is 4.79 Å². The number of hydrogen-bond acceptors (Lipinski definition) is 3. The zero-order chi connectivity index (χ0) is 17.4. The van der Waals surface area contributed by atoms with Crippen LogP contribution in [-0.2, 0) is 4.79 Å². The highest BCUT2D eigenvalue weighted by atomic mass is 16.5. The van der Waals surface area contributed by atoms with E-state index in [0.29, 0.717) is 5.69 Å². The molecule has 1 aliphatic heterocycles. The molecule has 126 valence electrons. The molecule has 0 unspecified atom stereocenters. The molecule has 2 aromatic carbocycles. The first kappa shape index (κ1) is 15.4. The molecule has 2 heterocycles. The monoisotopic (exact) mass is 333 g/mol. The van der Waals surface area contributed by atoms with Gasteiger partial charge in [-0.3, -0.25) is 4.79 Å². The van der Waals surface area contributed by atoms with Gasteiger partial charge in [-0.2, -0.15) is 5.10 Å². The van der Waals surface area contributed by atoms with Crippen molar-refractivity contribution in [3.05, 3.63) is 72.1 Å². The second-order valence-electron chi connectivity index (χ2n) is 6.25. The van der Waals surface area contributed by atoms with Crippen LogP contribution in [0.25, 0.3) is 5.69 Å². The van der Waals surface area contributed by atoms with Gasteiger partial charge in [0.25, 0.3) is 5.91 Å². The van der Waals surface area contributed by atoms with E-state index < -0.39 is 6.10 Å². The van der Waals surface area contributed by atoms with Crippen LogP contribution in [0.2, 0.25) is 0 Å². The highest BCUT2D eigenvalue weighted by Crippen LogP contribution is 2.38. The molecular weight excluding hydrogens is 314 g/mol. The summed E-state index contributed by atoms with van der Waals surface area (Å²) < 4.78 is 7.65. The molecular formula is C20H19N3O2. The largest absolute Gasteiger partial charge is 0.480 e. The van der Waals surface area contributed by atoms with E-state index in [1.165, 1.54) is 0 Å². The zero-order valence-electron chi connectivity index (χ0n) is 14.1. The number of carbonyl (C=O) groups excluding carboxylic acids is 1. The number of para-hydroxylation sites is 2. The number of rotatable bonds is 3. The summed E-state index contributed by atoms with van der Waals surface area (Å²) in [6.07, 6.45) is 1.14. The van der Waals surface area contributed by atoms with Gasteiger partial charge in [0.2, 0.25) is 0 Å². The molecule has 1 aliphatic rings. The second-order valence-corrected chi connectivity index (χ2v) is 6.25. The molecule has 5 nitrogen and oxygen atoms in total. The third kappa shape index (κ3) is 2.67. The van der Waals surface area contributed by atoms with Crippen molar-refractivity contribution in [2.75, 3.05) is 5.32 Å². The van der Waals surface area contributed by atoms with Gasteiger partial charge in [0.05, 0.1) is 23.3 Å². The number of fused-ring (bicyclic) bond motifs is 1. The van der Waals surface area contributed by atoms with E-state index in [2.05, 4.69) is 10.4 Å². The van der Waals surface area contributed by atoms with Crippen molar-refractivity contribution >= 4 is 11.6 Å². The minimum Gasteiger partial charge on any atom is -0.480 e. The lowest BCUT2D eigenvalue weighted by Crippen LogP contribution is -2.33. The van der Waals surface area contributed by atoms with E-state index in [0.717, 1.165) is 22.7 Å². The quantitative estimate of drug-likeness (QED) is 0.795. The van der Waals surface area contributed by atoms with Crippen molar-refractivity contribution in [3.63, 3.8) is 0 Å². The molecule has 5 heteroatoms. The van der Waals surface area contributed by atoms with Crippen molar-refractivity contribution in [1.29, 1.82) is 0 Å². The first-order chi connectivity index (χ1) is 12.1. The van der Waals surface area contributed by atoms with E-state index in [1.807, 2.05) is 73.1 Å². The van der Waals surface area contributed by atoms with Crippen LogP contribution in [0, 0.1) is 6.92 Å². The molecule has 1 N–H and O–H groups in total. The first-order valence-corrected chi connectivity index (χ1v) is 8.31. The zero-order valence-corrected chi connectivity index (χ0v) is 14.1. The third-order valence-electron chi connectivity index (χ3n) is 4.64. The lowest BCUT2D eigenvalue weighted by molar-refractivity contribution is -0.122. The summed E-state index contributed by atoms with van der Waals surface area (Å²) >= 11 is 0. The van der Waals surface area contributed by atoms with Crippen LogP contribution in [0.3, 0.4) is 0 Å². The molecule has 1 amide bonds. The summed E-state index contributed by atoms with van der Waals surface area (Å²) in [5.74, 6) is 0.645. The highest BCUT2D eigenvalue weighted by molar-refractivity contribution is 5.96. The maximum atomic E-state index is 12.7. The molecule has 1 aromatic heterocycles. The lowest BCUT2D eigenvalue weighted by Gasteiger charge is -2.15. The smallest absolute Gasteiger partial charge is 0.266 e. The Morgan fingerprint density at radius 1 is 1.12 bits per heavy atom. The molecule has 0 fully saturated rings.